The molecule has 3 rings (SSSR count). The number of hydrogen-bond donors (Lipinski definition) is 3. The van der Waals surface area contributed by atoms with Gasteiger partial charge in [-0.2, -0.15) is 0 Å². The predicted molar refractivity (Wildman–Crippen MR) is 87.6 cm³/mol. The quantitative estimate of drug-likeness (QED) is 0.743. The summed E-state index contributed by atoms with van der Waals surface area (Å²) < 4.78 is 1.42. The summed E-state index contributed by atoms with van der Waals surface area (Å²) in [5.74, 6) is -0.178. The van der Waals surface area contributed by atoms with Crippen LogP contribution in [0.2, 0.25) is 0 Å². The van der Waals surface area contributed by atoms with Gasteiger partial charge in [-0.05, 0) is 18.9 Å². The maximum Gasteiger partial charge on any atom is 0.274 e. The second-order valence-corrected chi connectivity index (χ2v) is 6.05. The number of carbonyl (C=O) groups is 1. The van der Waals surface area contributed by atoms with Crippen LogP contribution in [0.3, 0.4) is 0 Å². The number of H-pyrrole nitrogens is 1. The van der Waals surface area contributed by atoms with Gasteiger partial charge in [0.25, 0.3) is 11.5 Å². The molecule has 2 aromatic rings. The molecule has 0 radical (unpaired) electrons. The molecule has 0 aromatic carbocycles. The van der Waals surface area contributed by atoms with Gasteiger partial charge in [0.1, 0.15) is 5.52 Å². The Morgan fingerprint density at radius 3 is 2.91 bits per heavy atom. The molecule has 0 aliphatic carbocycles. The Labute approximate surface area is 133 Å². The van der Waals surface area contributed by atoms with E-state index in [4.69, 9.17) is 0 Å². The number of rotatable bonds is 4. The van der Waals surface area contributed by atoms with Crippen molar-refractivity contribution < 1.29 is 9.90 Å². The lowest BCUT2D eigenvalue weighted by Gasteiger charge is -2.29. The molecule has 23 heavy (non-hydrogen) atoms. The standard InChI is InChI=1S/C16H22N4O3/c1-19-10-13(12-2-5-17-14(12)16(19)23)15(22)18-6-9-20-7-3-11(21)4-8-20/h2,5,10-11,17,21H,3-4,6-9H2,1H3,(H,18,22). The molecule has 1 saturated heterocycles. The number of nitrogens with one attached hydrogen (secondary N) is 2. The number of aliphatic hydroxyl groups excluding tert-OH is 1. The van der Waals surface area contributed by atoms with E-state index in [-0.39, 0.29) is 17.6 Å². The molecule has 0 saturated carbocycles. The lowest BCUT2D eigenvalue weighted by atomic mass is 10.1. The number of pyridine rings is 1. The van der Waals surface area contributed by atoms with Crippen LogP contribution >= 0.6 is 0 Å². The molecule has 0 atom stereocenters. The highest BCUT2D eigenvalue weighted by atomic mass is 16.3. The number of likely N-dealkylation sites (tertiary alicyclic amines) is 1. The van der Waals surface area contributed by atoms with Gasteiger partial charge in [0.05, 0.1) is 11.7 Å². The van der Waals surface area contributed by atoms with Gasteiger partial charge in [-0.15, -0.1) is 0 Å². The van der Waals surface area contributed by atoms with Crippen molar-refractivity contribution in [2.24, 2.45) is 7.05 Å². The number of aryl methyl sites for hydroxylation is 1. The zero-order valence-electron chi connectivity index (χ0n) is 13.2. The number of amides is 1. The van der Waals surface area contributed by atoms with Gasteiger partial charge in [-0.1, -0.05) is 0 Å². The van der Waals surface area contributed by atoms with E-state index in [9.17, 15) is 14.7 Å². The van der Waals surface area contributed by atoms with E-state index >= 15 is 0 Å². The molecule has 1 aliphatic rings. The highest BCUT2D eigenvalue weighted by Crippen LogP contribution is 2.14. The Morgan fingerprint density at radius 2 is 2.17 bits per heavy atom. The van der Waals surface area contributed by atoms with Gasteiger partial charge in [0.2, 0.25) is 0 Å². The third-order valence-corrected chi connectivity index (χ3v) is 4.41. The minimum atomic E-state index is -0.187. The minimum absolute atomic E-state index is 0.145. The largest absolute Gasteiger partial charge is 0.393 e. The lowest BCUT2D eigenvalue weighted by molar-refractivity contribution is 0.0804. The summed E-state index contributed by atoms with van der Waals surface area (Å²) in [6.45, 7) is 3.03. The Bertz CT molecular complexity index is 756. The Balaban J connectivity index is 1.64. The van der Waals surface area contributed by atoms with Crippen molar-refractivity contribution in [3.8, 4) is 0 Å². The molecule has 2 aromatic heterocycles. The average molecular weight is 318 g/mol. The van der Waals surface area contributed by atoms with E-state index < -0.39 is 0 Å². The second kappa shape index (κ2) is 6.55. The molecule has 1 fully saturated rings. The molecule has 124 valence electrons. The first-order chi connectivity index (χ1) is 11.1. The van der Waals surface area contributed by atoms with Crippen molar-refractivity contribution in [1.29, 1.82) is 0 Å². The number of aliphatic hydroxyl groups is 1. The van der Waals surface area contributed by atoms with E-state index in [1.807, 2.05) is 0 Å². The molecule has 3 heterocycles. The molecule has 3 N–H and O–H groups in total. The van der Waals surface area contributed by atoms with Crippen LogP contribution in [0.1, 0.15) is 23.2 Å². The first-order valence-electron chi connectivity index (χ1n) is 7.91. The monoisotopic (exact) mass is 318 g/mol. The fraction of sp³-hybridized carbons (Fsp3) is 0.500. The van der Waals surface area contributed by atoms with Gasteiger partial charge < -0.3 is 24.9 Å². The zero-order chi connectivity index (χ0) is 16.4. The molecule has 1 amide bonds. The zero-order valence-corrected chi connectivity index (χ0v) is 13.2. The summed E-state index contributed by atoms with van der Waals surface area (Å²) >= 11 is 0. The molecule has 7 nitrogen and oxygen atoms in total. The lowest BCUT2D eigenvalue weighted by Crippen LogP contribution is -2.41. The fourth-order valence-electron chi connectivity index (χ4n) is 3.02. The van der Waals surface area contributed by atoms with Crippen LogP contribution in [0.5, 0.6) is 0 Å². The second-order valence-electron chi connectivity index (χ2n) is 6.05. The van der Waals surface area contributed by atoms with Gasteiger partial charge >= 0.3 is 0 Å². The van der Waals surface area contributed by atoms with Crippen LogP contribution in [-0.2, 0) is 7.05 Å². The third kappa shape index (κ3) is 3.30. The maximum atomic E-state index is 12.4. The first-order valence-corrected chi connectivity index (χ1v) is 7.91. The van der Waals surface area contributed by atoms with Crippen LogP contribution in [-0.4, -0.2) is 57.7 Å². The Morgan fingerprint density at radius 1 is 1.43 bits per heavy atom. The van der Waals surface area contributed by atoms with Crippen molar-refractivity contribution in [1.82, 2.24) is 19.8 Å². The van der Waals surface area contributed by atoms with Gasteiger partial charge in [0, 0.05) is 51.0 Å². The smallest absolute Gasteiger partial charge is 0.274 e. The molecule has 0 unspecified atom stereocenters. The summed E-state index contributed by atoms with van der Waals surface area (Å²) in [7, 11) is 1.64. The summed E-state index contributed by atoms with van der Waals surface area (Å²) in [4.78, 5) is 29.5. The SMILES string of the molecule is Cn1cc(C(=O)NCCN2CCC(O)CC2)c2cc[nH]c2c1=O. The van der Waals surface area contributed by atoms with E-state index in [0.29, 0.717) is 23.0 Å². The summed E-state index contributed by atoms with van der Waals surface area (Å²) in [6.07, 6.45) is 4.64. The number of aromatic amines is 1. The van der Waals surface area contributed by atoms with Crippen molar-refractivity contribution in [3.05, 3.63) is 34.4 Å². The molecular weight excluding hydrogens is 296 g/mol. The number of nitrogens with zero attached hydrogens (tertiary/aromatic N) is 2. The molecule has 0 spiro atoms. The minimum Gasteiger partial charge on any atom is -0.393 e. The fourth-order valence-corrected chi connectivity index (χ4v) is 3.02. The van der Waals surface area contributed by atoms with Crippen LogP contribution in [0.25, 0.3) is 10.9 Å². The summed E-state index contributed by atoms with van der Waals surface area (Å²) in [5.41, 5.74) is 0.802. The molecule has 1 aliphatic heterocycles. The van der Waals surface area contributed by atoms with Crippen LogP contribution < -0.4 is 10.9 Å². The van der Waals surface area contributed by atoms with Crippen LogP contribution in [0.15, 0.2) is 23.3 Å². The van der Waals surface area contributed by atoms with Crippen molar-refractivity contribution in [3.63, 3.8) is 0 Å². The van der Waals surface area contributed by atoms with Gasteiger partial charge in [-0.25, -0.2) is 0 Å². The summed E-state index contributed by atoms with van der Waals surface area (Å²) in [6, 6.07) is 1.75. The van der Waals surface area contributed by atoms with Crippen molar-refractivity contribution in [2.45, 2.75) is 18.9 Å². The van der Waals surface area contributed by atoms with Gasteiger partial charge in [0.15, 0.2) is 0 Å². The number of carbonyl (C=O) groups excluding carboxylic acids is 1. The van der Waals surface area contributed by atoms with E-state index in [1.54, 1.807) is 25.5 Å². The Kier molecular flexibility index (Phi) is 4.49. The highest BCUT2D eigenvalue weighted by molar-refractivity contribution is 6.05. The number of fused-ring (bicyclic) bond motifs is 1. The van der Waals surface area contributed by atoms with Crippen molar-refractivity contribution >= 4 is 16.8 Å². The van der Waals surface area contributed by atoms with Crippen LogP contribution in [0.4, 0.5) is 0 Å². The predicted octanol–water partition coefficient (Wildman–Crippen LogP) is 0.0531. The van der Waals surface area contributed by atoms with E-state index in [0.717, 1.165) is 32.5 Å². The number of hydrogen-bond acceptors (Lipinski definition) is 4. The Hall–Kier alpha value is -2.12. The van der Waals surface area contributed by atoms with E-state index in [1.165, 1.54) is 4.57 Å². The summed E-state index contributed by atoms with van der Waals surface area (Å²) in [5, 5.41) is 13.0. The third-order valence-electron chi connectivity index (χ3n) is 4.41. The number of aromatic nitrogens is 2. The van der Waals surface area contributed by atoms with Gasteiger partial charge in [-0.3, -0.25) is 9.59 Å². The first kappa shape index (κ1) is 15.8. The molecular formula is C16H22N4O3. The average Bonchev–Trinajstić information content (AvgIpc) is 3.02. The normalized spacial score (nSPS) is 16.8. The maximum absolute atomic E-state index is 12.4. The van der Waals surface area contributed by atoms with E-state index in [2.05, 4.69) is 15.2 Å². The highest BCUT2D eigenvalue weighted by Gasteiger charge is 2.17. The molecule has 0 bridgehead atoms. The number of piperidine rings is 1. The van der Waals surface area contributed by atoms with Crippen LogP contribution in [0, 0.1) is 0 Å². The topological polar surface area (TPSA) is 90.4 Å². The molecule has 7 heteroatoms. The van der Waals surface area contributed by atoms with Crippen molar-refractivity contribution in [2.75, 3.05) is 26.2 Å².